The summed E-state index contributed by atoms with van der Waals surface area (Å²) in [4.78, 5) is 14.9. The number of carbonyl (C=O) groups is 1. The van der Waals surface area contributed by atoms with Crippen LogP contribution in [0, 0.1) is 11.6 Å². The number of benzene rings is 2. The van der Waals surface area contributed by atoms with Crippen LogP contribution in [0.15, 0.2) is 36.4 Å². The molecule has 1 aromatic heterocycles. The van der Waals surface area contributed by atoms with E-state index < -0.39 is 17.5 Å². The fourth-order valence-corrected chi connectivity index (χ4v) is 2.39. The number of rotatable bonds is 2. The van der Waals surface area contributed by atoms with Crippen molar-refractivity contribution in [3.05, 3.63) is 53.6 Å². The lowest BCUT2D eigenvalue weighted by Crippen LogP contribution is -2.30. The molecule has 0 fully saturated rings. The summed E-state index contributed by atoms with van der Waals surface area (Å²) in [5, 5.41) is 0.118. The highest BCUT2D eigenvalue weighted by atomic mass is 19.1. The van der Waals surface area contributed by atoms with E-state index in [1.807, 2.05) is 5.43 Å². The number of aromatic nitrogens is 1. The molecule has 0 aliphatic carbocycles. The lowest BCUT2D eigenvalue weighted by molar-refractivity contribution is 0.0956. The van der Waals surface area contributed by atoms with Gasteiger partial charge in [-0.1, -0.05) is 29.7 Å². The number of amides is 1. The van der Waals surface area contributed by atoms with Gasteiger partial charge in [-0.2, -0.15) is 0 Å². The molecule has 0 bridgehead atoms. The Balaban J connectivity index is 2.36. The van der Waals surface area contributed by atoms with Crippen LogP contribution in [0.2, 0.25) is 0 Å². The van der Waals surface area contributed by atoms with Crippen molar-refractivity contribution in [1.29, 1.82) is 0 Å². The average molecular weight is 297 g/mol. The van der Waals surface area contributed by atoms with Crippen LogP contribution in [0.25, 0.3) is 22.2 Å². The van der Waals surface area contributed by atoms with Gasteiger partial charge in [0.25, 0.3) is 5.91 Å². The zero-order valence-corrected chi connectivity index (χ0v) is 11.3. The van der Waals surface area contributed by atoms with Crippen molar-refractivity contribution in [3.63, 3.8) is 0 Å². The number of hydrogen-bond donors (Lipinski definition) is 3. The average Bonchev–Trinajstić information content (AvgIpc) is 2.87. The molecule has 2 aromatic carbocycles. The summed E-state index contributed by atoms with van der Waals surface area (Å²) in [6.07, 6.45) is 0. The van der Waals surface area contributed by atoms with Gasteiger partial charge in [-0.25, -0.2) is 14.6 Å². The minimum absolute atomic E-state index is 0.0341. The Hall–Kier alpha value is -2.67. The number of nitrogen functional groups attached to an aromatic ring is 1. The second-order valence-corrected chi connectivity index (χ2v) is 4.78. The van der Waals surface area contributed by atoms with Gasteiger partial charge in [-0.05, 0) is 11.6 Å². The molecule has 108 valence electrons. The molecule has 22 heavy (non-hydrogen) atoms. The Morgan fingerprint density at radius 1 is 1.18 bits per heavy atom. The number of carbonyl (C=O) groups excluding carboxylic acids is 1. The standard InChI is InChI=1S/C15H10BF2N3O/c16-8-3-1-7(2-4-8)13-12(15(22)21-19)10-5-9(17)6-11(18)14(10)20-13/h1-6,20H,19H2,(H,21,22). The number of hydrogen-bond acceptors (Lipinski definition) is 2. The van der Waals surface area contributed by atoms with Gasteiger partial charge >= 0.3 is 0 Å². The smallest absolute Gasteiger partial charge is 0.268 e. The maximum Gasteiger partial charge on any atom is 0.268 e. The normalized spacial score (nSPS) is 10.9. The van der Waals surface area contributed by atoms with E-state index in [2.05, 4.69) is 4.98 Å². The van der Waals surface area contributed by atoms with Crippen LogP contribution in [-0.2, 0) is 0 Å². The lowest BCUT2D eigenvalue weighted by Gasteiger charge is -2.04. The highest BCUT2D eigenvalue weighted by molar-refractivity contribution is 6.32. The van der Waals surface area contributed by atoms with Crippen LogP contribution in [-0.4, -0.2) is 18.7 Å². The van der Waals surface area contributed by atoms with Crippen LogP contribution in [0.4, 0.5) is 8.78 Å². The Bertz CT molecular complexity index is 875. The van der Waals surface area contributed by atoms with Crippen molar-refractivity contribution in [3.8, 4) is 11.3 Å². The Kier molecular flexibility index (Phi) is 3.42. The Labute approximate surface area is 125 Å². The van der Waals surface area contributed by atoms with Crippen LogP contribution in [0.1, 0.15) is 10.4 Å². The zero-order valence-electron chi connectivity index (χ0n) is 11.3. The molecule has 0 atom stereocenters. The summed E-state index contributed by atoms with van der Waals surface area (Å²) in [6.45, 7) is 0. The molecule has 1 amide bonds. The highest BCUT2D eigenvalue weighted by Crippen LogP contribution is 2.32. The molecule has 0 saturated carbocycles. The maximum absolute atomic E-state index is 13.9. The van der Waals surface area contributed by atoms with Crippen molar-refractivity contribution in [2.45, 2.75) is 0 Å². The number of nitrogens with one attached hydrogen (secondary N) is 2. The van der Waals surface area contributed by atoms with E-state index in [1.54, 1.807) is 24.3 Å². The first-order valence-corrected chi connectivity index (χ1v) is 6.39. The van der Waals surface area contributed by atoms with Gasteiger partial charge in [0.05, 0.1) is 16.8 Å². The first kappa shape index (κ1) is 14.3. The van der Waals surface area contributed by atoms with Crippen molar-refractivity contribution >= 4 is 30.1 Å². The number of H-pyrrole nitrogens is 1. The summed E-state index contributed by atoms with van der Waals surface area (Å²) in [5.74, 6) is 2.96. The number of halogens is 2. The van der Waals surface area contributed by atoms with Crippen LogP contribution in [0.3, 0.4) is 0 Å². The summed E-state index contributed by atoms with van der Waals surface area (Å²) in [6, 6.07) is 8.45. The molecule has 4 nitrogen and oxygen atoms in total. The lowest BCUT2D eigenvalue weighted by atomic mass is 9.94. The largest absolute Gasteiger partial charge is 0.351 e. The van der Waals surface area contributed by atoms with Gasteiger partial charge in [-0.3, -0.25) is 10.2 Å². The number of aromatic amines is 1. The van der Waals surface area contributed by atoms with Crippen LogP contribution >= 0.6 is 0 Å². The van der Waals surface area contributed by atoms with Gasteiger partial charge in [0.15, 0.2) is 0 Å². The van der Waals surface area contributed by atoms with Gasteiger partial charge in [0.2, 0.25) is 0 Å². The molecular formula is C15H10BF2N3O. The van der Waals surface area contributed by atoms with E-state index in [0.29, 0.717) is 16.7 Å². The SMILES string of the molecule is [B]c1ccc(-c2[nH]c3c(F)cc(F)cc3c2C(=O)NN)cc1. The molecule has 2 radical (unpaired) electrons. The first-order chi connectivity index (χ1) is 10.5. The second-order valence-electron chi connectivity index (χ2n) is 4.78. The predicted octanol–water partition coefficient (Wildman–Crippen LogP) is 1.51. The number of nitrogens with two attached hydrogens (primary N) is 1. The second kappa shape index (κ2) is 5.27. The van der Waals surface area contributed by atoms with Crippen LogP contribution in [0.5, 0.6) is 0 Å². The Morgan fingerprint density at radius 3 is 2.50 bits per heavy atom. The molecule has 0 aliphatic rings. The fraction of sp³-hybridized carbons (Fsp3) is 0. The Morgan fingerprint density at radius 2 is 1.86 bits per heavy atom. The van der Waals surface area contributed by atoms with Crippen molar-refractivity contribution in [1.82, 2.24) is 10.4 Å². The fourth-order valence-electron chi connectivity index (χ4n) is 2.39. The topological polar surface area (TPSA) is 70.9 Å². The molecule has 0 spiro atoms. The van der Waals surface area contributed by atoms with Gasteiger partial charge in [0.1, 0.15) is 19.5 Å². The molecule has 0 saturated heterocycles. The maximum atomic E-state index is 13.9. The summed E-state index contributed by atoms with van der Waals surface area (Å²) in [5.41, 5.74) is 3.58. The molecular weight excluding hydrogens is 287 g/mol. The molecule has 0 unspecified atom stereocenters. The molecule has 3 rings (SSSR count). The van der Waals surface area contributed by atoms with Gasteiger partial charge in [-0.15, -0.1) is 0 Å². The number of hydrazine groups is 1. The quantitative estimate of drug-likeness (QED) is 0.290. The van der Waals surface area contributed by atoms with Gasteiger partial charge in [0, 0.05) is 11.5 Å². The predicted molar refractivity (Wildman–Crippen MR) is 80.7 cm³/mol. The van der Waals surface area contributed by atoms with Crippen LogP contribution < -0.4 is 16.7 Å². The molecule has 1 heterocycles. The third-order valence-corrected chi connectivity index (χ3v) is 3.38. The zero-order chi connectivity index (χ0) is 15.9. The van der Waals surface area contributed by atoms with E-state index in [4.69, 9.17) is 13.7 Å². The monoisotopic (exact) mass is 297 g/mol. The van der Waals surface area contributed by atoms with Crippen molar-refractivity contribution in [2.24, 2.45) is 5.84 Å². The highest BCUT2D eigenvalue weighted by Gasteiger charge is 2.21. The minimum atomic E-state index is -0.789. The summed E-state index contributed by atoms with van der Waals surface area (Å²) < 4.78 is 27.4. The van der Waals surface area contributed by atoms with Gasteiger partial charge < -0.3 is 4.98 Å². The number of fused-ring (bicyclic) bond motifs is 1. The van der Waals surface area contributed by atoms with Crippen molar-refractivity contribution < 1.29 is 13.6 Å². The summed E-state index contributed by atoms with van der Waals surface area (Å²) >= 11 is 0. The molecule has 3 aromatic rings. The molecule has 7 heteroatoms. The van der Waals surface area contributed by atoms with E-state index in [0.717, 1.165) is 12.1 Å². The van der Waals surface area contributed by atoms with E-state index in [9.17, 15) is 13.6 Å². The molecule has 0 aliphatic heterocycles. The third-order valence-electron chi connectivity index (χ3n) is 3.38. The third kappa shape index (κ3) is 2.25. The van der Waals surface area contributed by atoms with E-state index >= 15 is 0 Å². The van der Waals surface area contributed by atoms with E-state index in [-0.39, 0.29) is 16.5 Å². The first-order valence-electron chi connectivity index (χ1n) is 6.39. The minimum Gasteiger partial charge on any atom is -0.351 e. The summed E-state index contributed by atoms with van der Waals surface area (Å²) in [7, 11) is 5.63. The molecule has 4 N–H and O–H groups in total. The van der Waals surface area contributed by atoms with Crippen molar-refractivity contribution in [2.75, 3.05) is 0 Å². The van der Waals surface area contributed by atoms with E-state index in [1.165, 1.54) is 0 Å².